The van der Waals surface area contributed by atoms with Crippen molar-refractivity contribution in [3.05, 3.63) is 0 Å². The summed E-state index contributed by atoms with van der Waals surface area (Å²) in [5.41, 5.74) is 0.879. The molecular weight excluding hydrogens is 440 g/mol. The molecule has 6 fully saturated rings. The standard InChI is InChI=1S/C33H56N2O/c1-23-12-16-31(4)24(21-23)13-17-32(5)26-14-18-33(15-8-9-27(33)25(26)10-11-28(31)32)29(36)34-30(2,3)22-35-19-6-7-20-35/h23-28H,6-22H2,1-5H3,(H,34,36). The van der Waals surface area contributed by atoms with Crippen LogP contribution in [0.15, 0.2) is 0 Å². The van der Waals surface area contributed by atoms with E-state index in [9.17, 15) is 4.79 Å². The van der Waals surface area contributed by atoms with Crippen LogP contribution < -0.4 is 5.32 Å². The van der Waals surface area contributed by atoms with E-state index in [-0.39, 0.29) is 11.0 Å². The van der Waals surface area contributed by atoms with Crippen molar-refractivity contribution in [2.24, 2.45) is 51.8 Å². The SMILES string of the molecule is CC1CCC2(C)C(CCC3(C)C4CCC5(C(=O)NC(C)(C)CN6CCCC6)CCCC5C4CCC23)C1. The van der Waals surface area contributed by atoms with Gasteiger partial charge in [-0.25, -0.2) is 0 Å². The molecule has 0 radical (unpaired) electrons. The maximum Gasteiger partial charge on any atom is 0.226 e. The Morgan fingerprint density at radius 2 is 1.61 bits per heavy atom. The van der Waals surface area contributed by atoms with E-state index in [2.05, 4.69) is 44.8 Å². The Morgan fingerprint density at radius 3 is 2.39 bits per heavy atom. The Kier molecular flexibility index (Phi) is 6.41. The van der Waals surface area contributed by atoms with Gasteiger partial charge < -0.3 is 10.2 Å². The van der Waals surface area contributed by atoms with Gasteiger partial charge in [-0.2, -0.15) is 0 Å². The summed E-state index contributed by atoms with van der Waals surface area (Å²) in [7, 11) is 0. The van der Waals surface area contributed by atoms with Gasteiger partial charge >= 0.3 is 0 Å². The molecule has 9 atom stereocenters. The smallest absolute Gasteiger partial charge is 0.226 e. The third kappa shape index (κ3) is 3.94. The molecule has 0 aromatic rings. The molecule has 36 heavy (non-hydrogen) atoms. The molecule has 1 N–H and O–H groups in total. The zero-order valence-corrected chi connectivity index (χ0v) is 24.3. The summed E-state index contributed by atoms with van der Waals surface area (Å²) in [5, 5.41) is 3.64. The molecule has 1 aliphatic heterocycles. The van der Waals surface area contributed by atoms with Crippen LogP contribution in [0.5, 0.6) is 0 Å². The topological polar surface area (TPSA) is 32.3 Å². The van der Waals surface area contributed by atoms with Gasteiger partial charge in [-0.15, -0.1) is 0 Å². The number of carbonyl (C=O) groups excluding carboxylic acids is 1. The van der Waals surface area contributed by atoms with Crippen LogP contribution in [0.1, 0.15) is 125 Å². The fourth-order valence-corrected chi connectivity index (χ4v) is 11.9. The average Bonchev–Trinajstić information content (AvgIpc) is 3.49. The summed E-state index contributed by atoms with van der Waals surface area (Å²) in [5.74, 6) is 5.53. The van der Waals surface area contributed by atoms with Crippen molar-refractivity contribution in [3.8, 4) is 0 Å². The summed E-state index contributed by atoms with van der Waals surface area (Å²) in [6, 6.07) is 0. The zero-order valence-electron chi connectivity index (χ0n) is 24.3. The van der Waals surface area contributed by atoms with Crippen LogP contribution in [-0.2, 0) is 4.79 Å². The second-order valence-electron chi connectivity index (χ2n) is 16.0. The van der Waals surface area contributed by atoms with Gasteiger partial charge in [0.25, 0.3) is 0 Å². The maximum atomic E-state index is 14.2. The van der Waals surface area contributed by atoms with Crippen LogP contribution in [0, 0.1) is 51.8 Å². The minimum atomic E-state index is -0.130. The van der Waals surface area contributed by atoms with E-state index in [4.69, 9.17) is 0 Å². The first-order valence-corrected chi connectivity index (χ1v) is 16.1. The zero-order chi connectivity index (χ0) is 25.3. The van der Waals surface area contributed by atoms with Crippen LogP contribution in [0.25, 0.3) is 0 Å². The number of fused-ring (bicyclic) bond motifs is 7. The molecular formula is C33H56N2O. The van der Waals surface area contributed by atoms with Crippen LogP contribution in [0.2, 0.25) is 0 Å². The molecule has 0 bridgehead atoms. The first-order valence-electron chi connectivity index (χ1n) is 16.1. The van der Waals surface area contributed by atoms with Gasteiger partial charge in [0.05, 0.1) is 5.41 Å². The van der Waals surface area contributed by atoms with Gasteiger partial charge in [0.15, 0.2) is 0 Å². The fraction of sp³-hybridized carbons (Fsp3) is 0.970. The van der Waals surface area contributed by atoms with Crippen LogP contribution in [0.3, 0.4) is 0 Å². The second-order valence-corrected chi connectivity index (χ2v) is 16.0. The molecule has 5 aliphatic carbocycles. The number of nitrogens with one attached hydrogen (secondary N) is 1. The third-order valence-corrected chi connectivity index (χ3v) is 13.6. The molecule has 1 heterocycles. The molecule has 3 heteroatoms. The molecule has 6 aliphatic rings. The highest BCUT2D eigenvalue weighted by Gasteiger charge is 2.65. The summed E-state index contributed by atoms with van der Waals surface area (Å²) >= 11 is 0. The van der Waals surface area contributed by atoms with Gasteiger partial charge in [0.2, 0.25) is 5.91 Å². The molecule has 0 aromatic heterocycles. The van der Waals surface area contributed by atoms with Crippen LogP contribution in [0.4, 0.5) is 0 Å². The van der Waals surface area contributed by atoms with E-state index >= 15 is 0 Å². The van der Waals surface area contributed by atoms with Crippen LogP contribution >= 0.6 is 0 Å². The lowest BCUT2D eigenvalue weighted by Crippen LogP contribution is -2.62. The normalized spacial score (nSPS) is 49.0. The number of hydrogen-bond acceptors (Lipinski definition) is 2. The lowest BCUT2D eigenvalue weighted by atomic mass is 9.38. The summed E-state index contributed by atoms with van der Waals surface area (Å²) < 4.78 is 0. The van der Waals surface area contributed by atoms with Crippen molar-refractivity contribution < 1.29 is 4.79 Å². The van der Waals surface area contributed by atoms with Crippen molar-refractivity contribution in [1.29, 1.82) is 0 Å². The van der Waals surface area contributed by atoms with E-state index in [1.54, 1.807) is 0 Å². The number of amides is 1. The Hall–Kier alpha value is -0.570. The monoisotopic (exact) mass is 496 g/mol. The molecule has 0 spiro atoms. The summed E-state index contributed by atoms with van der Waals surface area (Å²) in [6.07, 6.45) is 19.0. The number of rotatable bonds is 4. The molecule has 1 amide bonds. The Balaban J connectivity index is 1.20. The number of nitrogens with zero attached hydrogens (tertiary/aromatic N) is 1. The minimum absolute atomic E-state index is 0.0754. The quantitative estimate of drug-likeness (QED) is 0.438. The molecule has 9 unspecified atom stereocenters. The van der Waals surface area contributed by atoms with E-state index in [0.29, 0.717) is 22.7 Å². The second kappa shape index (κ2) is 8.99. The Labute approximate surface area is 222 Å². The summed E-state index contributed by atoms with van der Waals surface area (Å²) in [4.78, 5) is 16.7. The van der Waals surface area contributed by atoms with Crippen LogP contribution in [-0.4, -0.2) is 36.0 Å². The van der Waals surface area contributed by atoms with E-state index < -0.39 is 0 Å². The average molecular weight is 497 g/mol. The largest absolute Gasteiger partial charge is 0.349 e. The van der Waals surface area contributed by atoms with Crippen molar-refractivity contribution >= 4 is 5.91 Å². The van der Waals surface area contributed by atoms with E-state index in [1.807, 2.05) is 0 Å². The van der Waals surface area contributed by atoms with Crippen molar-refractivity contribution in [2.45, 2.75) is 130 Å². The molecule has 1 saturated heterocycles. The maximum absolute atomic E-state index is 14.2. The van der Waals surface area contributed by atoms with Gasteiger partial charge in [-0.3, -0.25) is 4.79 Å². The number of likely N-dealkylation sites (tertiary alicyclic amines) is 1. The van der Waals surface area contributed by atoms with Crippen molar-refractivity contribution in [2.75, 3.05) is 19.6 Å². The van der Waals surface area contributed by atoms with Gasteiger partial charge in [-0.05, 0) is 150 Å². The Morgan fingerprint density at radius 1 is 0.861 bits per heavy atom. The highest BCUT2D eigenvalue weighted by Crippen LogP contribution is 2.71. The predicted octanol–water partition coefficient (Wildman–Crippen LogP) is 7.44. The van der Waals surface area contributed by atoms with Gasteiger partial charge in [-0.1, -0.05) is 33.6 Å². The Bertz CT molecular complexity index is 847. The lowest BCUT2D eigenvalue weighted by Gasteiger charge is -2.67. The predicted molar refractivity (Wildman–Crippen MR) is 149 cm³/mol. The van der Waals surface area contributed by atoms with Crippen molar-refractivity contribution in [1.82, 2.24) is 10.2 Å². The molecule has 204 valence electrons. The number of hydrogen-bond donors (Lipinski definition) is 1. The lowest BCUT2D eigenvalue weighted by molar-refractivity contribution is -0.181. The first kappa shape index (κ1) is 25.7. The third-order valence-electron chi connectivity index (χ3n) is 13.6. The number of carbonyl (C=O) groups is 1. The van der Waals surface area contributed by atoms with E-state index in [0.717, 1.165) is 49.0 Å². The highest BCUT2D eigenvalue weighted by atomic mass is 16.2. The van der Waals surface area contributed by atoms with Gasteiger partial charge in [0.1, 0.15) is 0 Å². The van der Waals surface area contributed by atoms with E-state index in [1.165, 1.54) is 90.1 Å². The molecule has 0 aromatic carbocycles. The molecule has 5 saturated carbocycles. The van der Waals surface area contributed by atoms with Crippen molar-refractivity contribution in [3.63, 3.8) is 0 Å². The summed E-state index contributed by atoms with van der Waals surface area (Å²) in [6.45, 7) is 15.9. The van der Waals surface area contributed by atoms with Gasteiger partial charge in [0, 0.05) is 12.1 Å². The minimum Gasteiger partial charge on any atom is -0.349 e. The molecule has 3 nitrogen and oxygen atoms in total. The highest BCUT2D eigenvalue weighted by molar-refractivity contribution is 5.84. The first-order chi connectivity index (χ1) is 17.1. The molecule has 6 rings (SSSR count). The fourth-order valence-electron chi connectivity index (χ4n) is 11.9.